The summed E-state index contributed by atoms with van der Waals surface area (Å²) in [6.07, 6.45) is 3.88. The number of aromatic nitrogens is 4. The van der Waals surface area contributed by atoms with E-state index < -0.39 is 13.0 Å². The first-order valence-corrected chi connectivity index (χ1v) is 8.62. The predicted molar refractivity (Wildman–Crippen MR) is 97.5 cm³/mol. The zero-order valence-electron chi connectivity index (χ0n) is 14.5. The molecule has 0 unspecified atom stereocenters. The van der Waals surface area contributed by atoms with E-state index in [0.29, 0.717) is 10.9 Å². The van der Waals surface area contributed by atoms with E-state index in [2.05, 4.69) is 29.7 Å². The fourth-order valence-corrected chi connectivity index (χ4v) is 3.12. The van der Waals surface area contributed by atoms with Gasteiger partial charge in [0, 0.05) is 44.3 Å². The maximum absolute atomic E-state index is 12.5. The third kappa shape index (κ3) is 3.86. The van der Waals surface area contributed by atoms with E-state index in [0.717, 1.165) is 37.7 Å². The van der Waals surface area contributed by atoms with Crippen LogP contribution in [0.25, 0.3) is 10.9 Å². The molecular weight excluding hydrogens is 354 g/mol. The van der Waals surface area contributed by atoms with Gasteiger partial charge in [0.1, 0.15) is 12.1 Å². The van der Waals surface area contributed by atoms with Gasteiger partial charge in [-0.3, -0.25) is 4.98 Å². The largest absolute Gasteiger partial charge is 0.471 e. The van der Waals surface area contributed by atoms with E-state index in [9.17, 15) is 8.78 Å². The molecule has 0 saturated carbocycles. The highest BCUT2D eigenvalue weighted by Gasteiger charge is 2.19. The molecule has 0 radical (unpaired) electrons. The fraction of sp³-hybridized carbons (Fsp3) is 0.333. The highest BCUT2D eigenvalue weighted by atomic mass is 19.3. The molecule has 1 saturated heterocycles. The van der Waals surface area contributed by atoms with Crippen LogP contribution in [0.15, 0.2) is 43.1 Å². The van der Waals surface area contributed by atoms with Crippen LogP contribution in [-0.2, 0) is 0 Å². The van der Waals surface area contributed by atoms with Crippen LogP contribution in [0, 0.1) is 0 Å². The van der Waals surface area contributed by atoms with Gasteiger partial charge in [-0.1, -0.05) is 0 Å². The Kier molecular flexibility index (Phi) is 4.91. The number of nitrogens with zero attached hydrogens (tertiary/aromatic N) is 6. The molecule has 1 aliphatic rings. The molecule has 7 nitrogen and oxygen atoms in total. The zero-order chi connectivity index (χ0) is 18.6. The number of ether oxygens (including phenoxy) is 1. The molecule has 0 spiro atoms. The average Bonchev–Trinajstić information content (AvgIpc) is 2.72. The Morgan fingerprint density at radius 1 is 1.00 bits per heavy atom. The van der Waals surface area contributed by atoms with Gasteiger partial charge in [0.15, 0.2) is 6.61 Å². The van der Waals surface area contributed by atoms with Crippen LogP contribution >= 0.6 is 0 Å². The molecule has 2 aromatic heterocycles. The standard InChI is InChI=1S/C18H18F2N6O/c19-16(20)11-27-18-14-9-13(1-2-15(14)23-12-24-18)25-5-7-26(8-6-25)17-10-21-3-4-22-17/h1-4,9-10,12,16H,5-8,11H2. The van der Waals surface area contributed by atoms with Gasteiger partial charge < -0.3 is 14.5 Å². The number of fused-ring (bicyclic) bond motifs is 1. The molecule has 0 aliphatic carbocycles. The van der Waals surface area contributed by atoms with Crippen molar-refractivity contribution in [2.45, 2.75) is 6.43 Å². The molecule has 1 fully saturated rings. The third-order valence-corrected chi connectivity index (χ3v) is 4.45. The van der Waals surface area contributed by atoms with Gasteiger partial charge in [0.2, 0.25) is 5.88 Å². The van der Waals surface area contributed by atoms with Gasteiger partial charge in [-0.25, -0.2) is 23.7 Å². The van der Waals surface area contributed by atoms with Crippen LogP contribution in [-0.4, -0.2) is 59.1 Å². The molecule has 0 N–H and O–H groups in total. The second-order valence-electron chi connectivity index (χ2n) is 6.12. The number of halogens is 2. The molecule has 0 amide bonds. The Morgan fingerprint density at radius 3 is 2.56 bits per heavy atom. The van der Waals surface area contributed by atoms with Crippen molar-refractivity contribution >= 4 is 22.4 Å². The summed E-state index contributed by atoms with van der Waals surface area (Å²) in [4.78, 5) is 21.1. The molecule has 1 aromatic carbocycles. The summed E-state index contributed by atoms with van der Waals surface area (Å²) >= 11 is 0. The lowest BCUT2D eigenvalue weighted by Crippen LogP contribution is -2.46. The van der Waals surface area contributed by atoms with Gasteiger partial charge in [-0.15, -0.1) is 0 Å². The Hall–Kier alpha value is -3.10. The van der Waals surface area contributed by atoms with E-state index >= 15 is 0 Å². The lowest BCUT2D eigenvalue weighted by Gasteiger charge is -2.36. The van der Waals surface area contributed by atoms with Crippen molar-refractivity contribution in [2.24, 2.45) is 0 Å². The maximum atomic E-state index is 12.5. The first-order valence-electron chi connectivity index (χ1n) is 8.62. The molecule has 1 aliphatic heterocycles. The van der Waals surface area contributed by atoms with E-state index in [1.807, 2.05) is 18.2 Å². The third-order valence-electron chi connectivity index (χ3n) is 4.45. The average molecular weight is 372 g/mol. The second-order valence-corrected chi connectivity index (χ2v) is 6.12. The summed E-state index contributed by atoms with van der Waals surface area (Å²) in [6, 6.07) is 5.73. The second kappa shape index (κ2) is 7.65. The van der Waals surface area contributed by atoms with Gasteiger partial charge in [0.05, 0.1) is 17.1 Å². The van der Waals surface area contributed by atoms with Crippen molar-refractivity contribution in [1.82, 2.24) is 19.9 Å². The Balaban J connectivity index is 1.51. The number of piperazine rings is 1. The van der Waals surface area contributed by atoms with Crippen molar-refractivity contribution in [2.75, 3.05) is 42.6 Å². The molecule has 9 heteroatoms. The minimum atomic E-state index is -2.55. The van der Waals surface area contributed by atoms with Crippen molar-refractivity contribution in [3.63, 3.8) is 0 Å². The smallest absolute Gasteiger partial charge is 0.272 e. The first kappa shape index (κ1) is 17.3. The quantitative estimate of drug-likeness (QED) is 0.681. The SMILES string of the molecule is FC(F)COc1ncnc2ccc(N3CCN(c4cnccn4)CC3)cc12. The topological polar surface area (TPSA) is 67.3 Å². The summed E-state index contributed by atoms with van der Waals surface area (Å²) < 4.78 is 30.1. The first-order chi connectivity index (χ1) is 13.2. The molecule has 4 rings (SSSR count). The van der Waals surface area contributed by atoms with Crippen molar-refractivity contribution in [3.05, 3.63) is 43.1 Å². The highest BCUT2D eigenvalue weighted by Crippen LogP contribution is 2.28. The maximum Gasteiger partial charge on any atom is 0.272 e. The number of benzene rings is 1. The monoisotopic (exact) mass is 372 g/mol. The van der Waals surface area contributed by atoms with Gasteiger partial charge in [-0.2, -0.15) is 0 Å². The predicted octanol–water partition coefficient (Wildman–Crippen LogP) is 2.39. The molecule has 0 atom stereocenters. The number of hydrogen-bond donors (Lipinski definition) is 0. The molecule has 140 valence electrons. The van der Waals surface area contributed by atoms with Crippen molar-refractivity contribution in [1.29, 1.82) is 0 Å². The number of alkyl halides is 2. The molecular formula is C18H18F2N6O. The lowest BCUT2D eigenvalue weighted by atomic mass is 10.2. The van der Waals surface area contributed by atoms with Crippen LogP contribution in [0.2, 0.25) is 0 Å². The summed E-state index contributed by atoms with van der Waals surface area (Å²) in [7, 11) is 0. The van der Waals surface area contributed by atoms with Crippen LogP contribution in [0.5, 0.6) is 5.88 Å². The van der Waals surface area contributed by atoms with Crippen molar-refractivity contribution < 1.29 is 13.5 Å². The van der Waals surface area contributed by atoms with Crippen molar-refractivity contribution in [3.8, 4) is 5.88 Å². The Bertz CT molecular complexity index is 903. The van der Waals surface area contributed by atoms with E-state index in [1.54, 1.807) is 18.6 Å². The Morgan fingerprint density at radius 2 is 1.81 bits per heavy atom. The van der Waals surface area contributed by atoms with E-state index in [-0.39, 0.29) is 5.88 Å². The Labute approximate surface area is 154 Å². The van der Waals surface area contributed by atoms with Gasteiger partial charge in [0.25, 0.3) is 6.43 Å². The van der Waals surface area contributed by atoms with E-state index in [1.165, 1.54) is 6.33 Å². The highest BCUT2D eigenvalue weighted by molar-refractivity contribution is 5.86. The lowest BCUT2D eigenvalue weighted by molar-refractivity contribution is 0.0804. The normalized spacial score (nSPS) is 14.8. The van der Waals surface area contributed by atoms with Crippen LogP contribution in [0.4, 0.5) is 20.3 Å². The molecule has 3 aromatic rings. The minimum Gasteiger partial charge on any atom is -0.471 e. The molecule has 27 heavy (non-hydrogen) atoms. The molecule has 0 bridgehead atoms. The van der Waals surface area contributed by atoms with Gasteiger partial charge >= 0.3 is 0 Å². The fourth-order valence-electron chi connectivity index (χ4n) is 3.12. The number of anilines is 2. The van der Waals surface area contributed by atoms with Crippen LogP contribution in [0.3, 0.4) is 0 Å². The van der Waals surface area contributed by atoms with Gasteiger partial charge in [-0.05, 0) is 18.2 Å². The summed E-state index contributed by atoms with van der Waals surface area (Å²) in [6.45, 7) is 2.56. The van der Waals surface area contributed by atoms with Crippen LogP contribution in [0.1, 0.15) is 0 Å². The minimum absolute atomic E-state index is 0.181. The summed E-state index contributed by atoms with van der Waals surface area (Å²) in [5.74, 6) is 1.05. The molecule has 3 heterocycles. The number of rotatable bonds is 5. The number of hydrogen-bond acceptors (Lipinski definition) is 7. The zero-order valence-corrected chi connectivity index (χ0v) is 14.5. The van der Waals surface area contributed by atoms with Crippen LogP contribution < -0.4 is 14.5 Å². The summed E-state index contributed by atoms with van der Waals surface area (Å²) in [5.41, 5.74) is 1.65. The van der Waals surface area contributed by atoms with E-state index in [4.69, 9.17) is 4.74 Å². The summed E-state index contributed by atoms with van der Waals surface area (Å²) in [5, 5.41) is 0.631.